The molecule has 3 aromatic rings. The second-order valence-electron chi connectivity index (χ2n) is 6.46. The molecular formula is C21H24N4O. The number of carbonyl (C=O) groups excluding carboxylic acids is 1. The van der Waals surface area contributed by atoms with Crippen LogP contribution >= 0.6 is 0 Å². The molecule has 3 N–H and O–H groups in total. The second-order valence-corrected chi connectivity index (χ2v) is 6.46. The van der Waals surface area contributed by atoms with Crippen molar-refractivity contribution in [2.24, 2.45) is 5.73 Å². The molecule has 0 spiro atoms. The molecule has 0 aliphatic rings. The number of hydrogen-bond donors (Lipinski definition) is 2. The molecule has 0 aliphatic heterocycles. The summed E-state index contributed by atoms with van der Waals surface area (Å²) in [7, 11) is 0. The molecule has 0 saturated carbocycles. The fourth-order valence-electron chi connectivity index (χ4n) is 3.08. The largest absolute Gasteiger partial charge is 0.368 e. The minimum absolute atomic E-state index is 0.365. The highest BCUT2D eigenvalue weighted by Gasteiger charge is 2.16. The molecule has 3 rings (SSSR count). The first-order chi connectivity index (χ1) is 12.5. The minimum atomic E-state index is -0.467. The zero-order valence-corrected chi connectivity index (χ0v) is 15.1. The average Bonchev–Trinajstić information content (AvgIpc) is 2.98. The van der Waals surface area contributed by atoms with Crippen molar-refractivity contribution in [3.8, 4) is 5.69 Å². The molecule has 5 nitrogen and oxygen atoms in total. The van der Waals surface area contributed by atoms with Crippen molar-refractivity contribution in [2.75, 3.05) is 6.54 Å². The van der Waals surface area contributed by atoms with Crippen molar-refractivity contribution in [3.05, 3.63) is 83.2 Å². The Kier molecular flexibility index (Phi) is 5.49. The van der Waals surface area contributed by atoms with Gasteiger partial charge in [0.15, 0.2) is 0 Å². The molecule has 1 heterocycles. The predicted octanol–water partition coefficient (Wildman–Crippen LogP) is 2.85. The molecule has 0 saturated heterocycles. The Hall–Kier alpha value is -2.92. The van der Waals surface area contributed by atoms with E-state index in [1.165, 1.54) is 5.56 Å². The van der Waals surface area contributed by atoms with Gasteiger partial charge in [-0.3, -0.25) is 4.79 Å². The minimum Gasteiger partial charge on any atom is -0.368 e. The first kappa shape index (κ1) is 17.9. The Bertz CT molecular complexity index is 869. The van der Waals surface area contributed by atoms with Crippen LogP contribution in [-0.4, -0.2) is 22.2 Å². The number of nitrogens with two attached hydrogens (primary N) is 1. The van der Waals surface area contributed by atoms with E-state index in [1.54, 1.807) is 0 Å². The van der Waals surface area contributed by atoms with E-state index >= 15 is 0 Å². The van der Waals surface area contributed by atoms with Gasteiger partial charge in [-0.2, -0.15) is 5.10 Å². The van der Waals surface area contributed by atoms with Crippen LogP contribution in [-0.2, 0) is 11.2 Å². The molecule has 0 unspecified atom stereocenters. The maximum absolute atomic E-state index is 11.7. The standard InChI is InChI=1S/C21H24N4O/c1-15-14-16(2)25(24-15)19-10-8-17(9-11-19)12-13-23-20(21(22)26)18-6-4-3-5-7-18/h3-11,14,20,23H,12-13H2,1-2H3,(H2,22,26)/t20-/m1/s1. The molecule has 1 atom stereocenters. The molecular weight excluding hydrogens is 324 g/mol. The van der Waals surface area contributed by atoms with Gasteiger partial charge in [0.2, 0.25) is 5.91 Å². The lowest BCUT2D eigenvalue weighted by molar-refractivity contribution is -0.120. The quantitative estimate of drug-likeness (QED) is 0.689. The first-order valence-corrected chi connectivity index (χ1v) is 8.75. The second kappa shape index (κ2) is 7.97. The predicted molar refractivity (Wildman–Crippen MR) is 103 cm³/mol. The van der Waals surface area contributed by atoms with Gasteiger partial charge in [-0.1, -0.05) is 42.5 Å². The summed E-state index contributed by atoms with van der Waals surface area (Å²) in [5.74, 6) is -0.365. The molecule has 26 heavy (non-hydrogen) atoms. The molecule has 2 aromatic carbocycles. The van der Waals surface area contributed by atoms with Crippen molar-refractivity contribution in [1.82, 2.24) is 15.1 Å². The van der Waals surface area contributed by atoms with Crippen LogP contribution in [0, 0.1) is 13.8 Å². The van der Waals surface area contributed by atoms with Gasteiger partial charge in [0.1, 0.15) is 6.04 Å². The van der Waals surface area contributed by atoms with E-state index in [-0.39, 0.29) is 5.91 Å². The van der Waals surface area contributed by atoms with Crippen LogP contribution < -0.4 is 11.1 Å². The third kappa shape index (κ3) is 4.18. The van der Waals surface area contributed by atoms with E-state index in [4.69, 9.17) is 5.73 Å². The summed E-state index contributed by atoms with van der Waals surface area (Å²) in [4.78, 5) is 11.7. The van der Waals surface area contributed by atoms with Crippen molar-refractivity contribution >= 4 is 5.91 Å². The summed E-state index contributed by atoms with van der Waals surface area (Å²) in [5, 5.41) is 7.75. The van der Waals surface area contributed by atoms with Gasteiger partial charge in [0.25, 0.3) is 0 Å². The van der Waals surface area contributed by atoms with Gasteiger partial charge in [-0.15, -0.1) is 0 Å². The SMILES string of the molecule is Cc1cc(C)n(-c2ccc(CCN[C@@H](C(N)=O)c3ccccc3)cc2)n1. The van der Waals surface area contributed by atoms with E-state index in [1.807, 2.05) is 48.9 Å². The number of amides is 1. The molecule has 1 aromatic heterocycles. The van der Waals surface area contributed by atoms with E-state index in [9.17, 15) is 4.79 Å². The van der Waals surface area contributed by atoms with Gasteiger partial charge >= 0.3 is 0 Å². The summed E-state index contributed by atoms with van der Waals surface area (Å²) in [6.07, 6.45) is 0.814. The smallest absolute Gasteiger partial charge is 0.239 e. The van der Waals surface area contributed by atoms with Crippen molar-refractivity contribution in [1.29, 1.82) is 0 Å². The van der Waals surface area contributed by atoms with Gasteiger partial charge in [-0.25, -0.2) is 4.68 Å². The van der Waals surface area contributed by atoms with E-state index < -0.39 is 6.04 Å². The summed E-state index contributed by atoms with van der Waals surface area (Å²) < 4.78 is 1.94. The Morgan fingerprint density at radius 2 is 1.81 bits per heavy atom. The van der Waals surface area contributed by atoms with Gasteiger partial charge in [-0.05, 0) is 49.6 Å². The van der Waals surface area contributed by atoms with Crippen molar-refractivity contribution in [3.63, 3.8) is 0 Å². The number of primary amides is 1. The third-order valence-electron chi connectivity index (χ3n) is 4.37. The van der Waals surface area contributed by atoms with Gasteiger partial charge < -0.3 is 11.1 Å². The highest BCUT2D eigenvalue weighted by Crippen LogP contribution is 2.14. The summed E-state index contributed by atoms with van der Waals surface area (Å²) in [6, 6.07) is 19.5. The van der Waals surface area contributed by atoms with Gasteiger partial charge in [0.05, 0.1) is 11.4 Å². The molecule has 1 amide bonds. The maximum Gasteiger partial charge on any atom is 0.239 e. The number of rotatable bonds is 7. The molecule has 0 aliphatic carbocycles. The Morgan fingerprint density at radius 1 is 1.12 bits per heavy atom. The van der Waals surface area contributed by atoms with E-state index in [0.29, 0.717) is 6.54 Å². The lowest BCUT2D eigenvalue weighted by Crippen LogP contribution is -2.34. The van der Waals surface area contributed by atoms with Crippen molar-refractivity contribution < 1.29 is 4.79 Å². The first-order valence-electron chi connectivity index (χ1n) is 8.75. The Morgan fingerprint density at radius 3 is 2.38 bits per heavy atom. The molecule has 0 fully saturated rings. The van der Waals surface area contributed by atoms with Crippen LogP contribution in [0.15, 0.2) is 60.7 Å². The molecule has 0 radical (unpaired) electrons. The molecule has 134 valence electrons. The fourth-order valence-corrected chi connectivity index (χ4v) is 3.08. The maximum atomic E-state index is 11.7. The topological polar surface area (TPSA) is 72.9 Å². The molecule has 5 heteroatoms. The number of nitrogens with zero attached hydrogens (tertiary/aromatic N) is 2. The number of hydrogen-bond acceptors (Lipinski definition) is 3. The lowest BCUT2D eigenvalue weighted by Gasteiger charge is -2.16. The normalized spacial score (nSPS) is 12.1. The summed E-state index contributed by atoms with van der Waals surface area (Å²) >= 11 is 0. The number of nitrogens with one attached hydrogen (secondary N) is 1. The fraction of sp³-hybridized carbons (Fsp3) is 0.238. The summed E-state index contributed by atoms with van der Waals surface area (Å²) in [5.41, 5.74) is 10.8. The van der Waals surface area contributed by atoms with Gasteiger partial charge in [0, 0.05) is 12.2 Å². The van der Waals surface area contributed by atoms with Crippen LogP contribution in [0.25, 0.3) is 5.69 Å². The van der Waals surface area contributed by atoms with Crippen LogP contribution in [0.3, 0.4) is 0 Å². The van der Waals surface area contributed by atoms with Crippen molar-refractivity contribution in [2.45, 2.75) is 26.3 Å². The number of aryl methyl sites for hydroxylation is 2. The van der Waals surface area contributed by atoms with Crippen LogP contribution in [0.4, 0.5) is 0 Å². The highest BCUT2D eigenvalue weighted by atomic mass is 16.1. The van der Waals surface area contributed by atoms with Crippen LogP contribution in [0.1, 0.15) is 28.6 Å². The zero-order chi connectivity index (χ0) is 18.5. The number of benzene rings is 2. The lowest BCUT2D eigenvalue weighted by atomic mass is 10.1. The van der Waals surface area contributed by atoms with E-state index in [2.05, 4.69) is 40.7 Å². The van der Waals surface area contributed by atoms with Crippen LogP contribution in [0.5, 0.6) is 0 Å². The third-order valence-corrected chi connectivity index (χ3v) is 4.37. The number of carbonyl (C=O) groups is 1. The zero-order valence-electron chi connectivity index (χ0n) is 15.1. The Labute approximate surface area is 153 Å². The monoisotopic (exact) mass is 348 g/mol. The average molecular weight is 348 g/mol. The van der Waals surface area contributed by atoms with Crippen LogP contribution in [0.2, 0.25) is 0 Å². The number of aromatic nitrogens is 2. The van der Waals surface area contributed by atoms with E-state index in [0.717, 1.165) is 29.1 Å². The summed E-state index contributed by atoms with van der Waals surface area (Å²) in [6.45, 7) is 4.71. The highest BCUT2D eigenvalue weighted by molar-refractivity contribution is 5.81. The Balaban J connectivity index is 1.61. The molecule has 0 bridgehead atoms.